The number of nitrogens with one attached hydrogen (secondary N) is 1. The van der Waals surface area contributed by atoms with Crippen molar-refractivity contribution in [2.24, 2.45) is 22.7 Å². The van der Waals surface area contributed by atoms with Crippen LogP contribution in [0.5, 0.6) is 0 Å². The largest absolute Gasteiger partial charge is 0.349 e. The van der Waals surface area contributed by atoms with Gasteiger partial charge in [0.15, 0.2) is 5.78 Å². The average molecular weight is 590 g/mol. The van der Waals surface area contributed by atoms with E-state index in [0.717, 1.165) is 65.0 Å². The van der Waals surface area contributed by atoms with Crippen molar-refractivity contribution in [1.82, 2.24) is 10.3 Å². The van der Waals surface area contributed by atoms with Crippen LogP contribution in [0.4, 0.5) is 0 Å². The molecule has 5 nitrogen and oxygen atoms in total. The Hall–Kier alpha value is -3.86. The molecule has 2 atom stereocenters. The monoisotopic (exact) mass is 589 g/mol. The second kappa shape index (κ2) is 15.7. The fourth-order valence-corrected chi connectivity index (χ4v) is 6.46. The number of aromatic nitrogens is 1. The number of amides is 1. The fourth-order valence-electron chi connectivity index (χ4n) is 6.46. The number of aliphatic imine (C=N–C) groups is 1. The summed E-state index contributed by atoms with van der Waals surface area (Å²) in [5, 5.41) is 4.18. The van der Waals surface area contributed by atoms with Crippen LogP contribution in [0, 0.1) is 24.7 Å². The molecule has 0 bridgehead atoms. The standard InChI is InChI=1S/C23H31N3O.C16H16O/c1-3-4-15-24-16-14-18-9-11-19(12-10-18)26-23(27)21-6-5-7-22-20(21)13-8-17(2)25-22;17-16(10-12-4-2-1-3-5-12)15-9-7-13-6-8-14(13)11-15/h5-8,13,15,18-19H,3-4,9-12,14,16H2,1-2H3,(H,26,27);1-5,7,9,11,13-14H,6,8,10H2. The fraction of sp³-hybridized carbons (Fsp3) is 0.436. The van der Waals surface area contributed by atoms with Gasteiger partial charge in [-0.2, -0.15) is 0 Å². The van der Waals surface area contributed by atoms with E-state index in [0.29, 0.717) is 18.3 Å². The van der Waals surface area contributed by atoms with Crippen molar-refractivity contribution in [3.05, 3.63) is 101 Å². The number of hydrogen-bond acceptors (Lipinski definition) is 4. The number of nitrogens with zero attached hydrogens (tertiary/aromatic N) is 2. The molecule has 1 heterocycles. The maximum absolute atomic E-state index is 12.8. The van der Waals surface area contributed by atoms with E-state index in [1.54, 1.807) is 0 Å². The van der Waals surface area contributed by atoms with E-state index in [-0.39, 0.29) is 17.7 Å². The zero-order valence-electron chi connectivity index (χ0n) is 26.4. The molecule has 2 fully saturated rings. The molecule has 0 spiro atoms. The number of Topliss-reactive ketones (excluding diaryl/α,β-unsaturated/α-hetero) is 1. The number of carbonyl (C=O) groups excluding carboxylic acids is 2. The van der Waals surface area contributed by atoms with Gasteiger partial charge in [0.1, 0.15) is 0 Å². The van der Waals surface area contributed by atoms with Gasteiger partial charge in [0.05, 0.1) is 5.52 Å². The number of pyridine rings is 1. The van der Waals surface area contributed by atoms with Crippen LogP contribution in [0.3, 0.4) is 0 Å². The number of aryl methyl sites for hydroxylation is 1. The van der Waals surface area contributed by atoms with Gasteiger partial charge >= 0.3 is 0 Å². The third-order valence-electron chi connectivity index (χ3n) is 9.34. The molecule has 3 aromatic rings. The molecule has 6 rings (SSSR count). The van der Waals surface area contributed by atoms with Gasteiger partial charge in [0.25, 0.3) is 5.91 Å². The van der Waals surface area contributed by atoms with E-state index < -0.39 is 0 Å². The summed E-state index contributed by atoms with van der Waals surface area (Å²) in [6.07, 6.45) is 19.5. The van der Waals surface area contributed by atoms with Crippen LogP contribution in [-0.4, -0.2) is 35.5 Å². The molecule has 1 amide bonds. The topological polar surface area (TPSA) is 71.4 Å². The minimum atomic E-state index is 0.0267. The Morgan fingerprint density at radius 2 is 1.73 bits per heavy atom. The van der Waals surface area contributed by atoms with Crippen molar-refractivity contribution in [1.29, 1.82) is 0 Å². The van der Waals surface area contributed by atoms with Crippen molar-refractivity contribution >= 4 is 28.8 Å². The SMILES string of the molecule is CCCC=NCCC1CCC(NC(=O)c2cccc3nc(C)ccc23)CC1.O=C(Cc1ccccc1)C1=CC2CCC2C=C1. The predicted octanol–water partition coefficient (Wildman–Crippen LogP) is 8.41. The molecule has 0 saturated heterocycles. The number of allylic oxidation sites excluding steroid dienone is 4. The molecule has 2 saturated carbocycles. The predicted molar refractivity (Wildman–Crippen MR) is 181 cm³/mol. The molecule has 1 aromatic heterocycles. The minimum Gasteiger partial charge on any atom is -0.349 e. The number of carbonyl (C=O) groups is 2. The van der Waals surface area contributed by atoms with Crippen molar-refractivity contribution in [3.8, 4) is 0 Å². The van der Waals surface area contributed by atoms with Crippen molar-refractivity contribution in [2.45, 2.75) is 84.1 Å². The maximum atomic E-state index is 12.8. The summed E-state index contributed by atoms with van der Waals surface area (Å²) < 4.78 is 0. The second-order valence-corrected chi connectivity index (χ2v) is 12.7. The lowest BCUT2D eigenvalue weighted by Gasteiger charge is -2.35. The Morgan fingerprint density at radius 1 is 0.932 bits per heavy atom. The van der Waals surface area contributed by atoms with E-state index in [1.807, 2.05) is 73.7 Å². The Morgan fingerprint density at radius 3 is 2.45 bits per heavy atom. The highest BCUT2D eigenvalue weighted by Gasteiger charge is 2.30. The molecule has 2 aromatic carbocycles. The Balaban J connectivity index is 0.000000193. The number of fused-ring (bicyclic) bond motifs is 2. The molecule has 3 aliphatic carbocycles. The van der Waals surface area contributed by atoms with Gasteiger partial charge in [-0.15, -0.1) is 0 Å². The van der Waals surface area contributed by atoms with Gasteiger partial charge < -0.3 is 5.32 Å². The normalized spacial score (nSPS) is 22.4. The lowest BCUT2D eigenvalue weighted by atomic mass is 9.70. The highest BCUT2D eigenvalue weighted by atomic mass is 16.1. The van der Waals surface area contributed by atoms with E-state index >= 15 is 0 Å². The number of hydrogen-bond donors (Lipinski definition) is 1. The zero-order valence-corrected chi connectivity index (χ0v) is 26.4. The van der Waals surface area contributed by atoms with Gasteiger partial charge in [0.2, 0.25) is 0 Å². The van der Waals surface area contributed by atoms with E-state index in [4.69, 9.17) is 0 Å². The summed E-state index contributed by atoms with van der Waals surface area (Å²) in [5.74, 6) is 2.37. The Bertz CT molecular complexity index is 1500. The first-order chi connectivity index (χ1) is 21.5. The molecule has 230 valence electrons. The summed E-state index contributed by atoms with van der Waals surface area (Å²) in [5.41, 5.74) is 4.59. The van der Waals surface area contributed by atoms with E-state index in [9.17, 15) is 9.59 Å². The van der Waals surface area contributed by atoms with E-state index in [1.165, 1.54) is 38.5 Å². The summed E-state index contributed by atoms with van der Waals surface area (Å²) in [6.45, 7) is 5.10. The average Bonchev–Trinajstić information content (AvgIpc) is 3.02. The number of rotatable bonds is 10. The van der Waals surface area contributed by atoms with Gasteiger partial charge in [0, 0.05) is 41.2 Å². The van der Waals surface area contributed by atoms with Crippen LogP contribution in [0.15, 0.2) is 89.5 Å². The minimum absolute atomic E-state index is 0.0267. The first-order valence-corrected chi connectivity index (χ1v) is 16.6. The zero-order chi connectivity index (χ0) is 30.7. The molecular weight excluding hydrogens is 542 g/mol. The molecule has 3 aliphatic rings. The highest BCUT2D eigenvalue weighted by molar-refractivity contribution is 6.06. The van der Waals surface area contributed by atoms with Gasteiger partial charge in [-0.25, -0.2) is 0 Å². The number of unbranched alkanes of at least 4 members (excludes halogenated alkanes) is 1. The third kappa shape index (κ3) is 8.62. The summed E-state index contributed by atoms with van der Waals surface area (Å²) >= 11 is 0. The molecule has 2 unspecified atom stereocenters. The summed E-state index contributed by atoms with van der Waals surface area (Å²) in [4.78, 5) is 34.0. The lowest BCUT2D eigenvalue weighted by molar-refractivity contribution is -0.114. The number of ketones is 1. The molecule has 0 radical (unpaired) electrons. The number of benzene rings is 2. The maximum Gasteiger partial charge on any atom is 0.252 e. The van der Waals surface area contributed by atoms with Crippen molar-refractivity contribution < 1.29 is 9.59 Å². The summed E-state index contributed by atoms with van der Waals surface area (Å²) in [6, 6.07) is 20.0. The first kappa shape index (κ1) is 31.6. The quantitative estimate of drug-likeness (QED) is 0.241. The highest BCUT2D eigenvalue weighted by Crippen LogP contribution is 2.40. The molecule has 5 heteroatoms. The van der Waals surface area contributed by atoms with Crippen LogP contribution in [0.2, 0.25) is 0 Å². The van der Waals surface area contributed by atoms with Gasteiger partial charge in [-0.3, -0.25) is 19.6 Å². The van der Waals surface area contributed by atoms with Crippen LogP contribution in [-0.2, 0) is 11.2 Å². The first-order valence-electron chi connectivity index (χ1n) is 16.6. The van der Waals surface area contributed by atoms with Crippen molar-refractivity contribution in [2.75, 3.05) is 6.54 Å². The molecule has 44 heavy (non-hydrogen) atoms. The smallest absolute Gasteiger partial charge is 0.252 e. The third-order valence-corrected chi connectivity index (χ3v) is 9.34. The molecule has 0 aliphatic heterocycles. The van der Waals surface area contributed by atoms with Crippen LogP contribution >= 0.6 is 0 Å². The van der Waals surface area contributed by atoms with Crippen molar-refractivity contribution in [3.63, 3.8) is 0 Å². The molecular formula is C39H47N3O2. The summed E-state index contributed by atoms with van der Waals surface area (Å²) in [7, 11) is 0. The van der Waals surface area contributed by atoms with Gasteiger partial charge in [-0.1, -0.05) is 74.0 Å². The lowest BCUT2D eigenvalue weighted by Crippen LogP contribution is -2.37. The van der Waals surface area contributed by atoms with Crippen LogP contribution in [0.25, 0.3) is 10.9 Å². The Kier molecular flexibility index (Phi) is 11.3. The molecule has 1 N–H and O–H groups in total. The van der Waals surface area contributed by atoms with Gasteiger partial charge in [-0.05, 0) is 106 Å². The van der Waals surface area contributed by atoms with Crippen LogP contribution < -0.4 is 5.32 Å². The Labute approximate surface area is 263 Å². The van der Waals surface area contributed by atoms with E-state index in [2.05, 4.69) is 40.6 Å². The second-order valence-electron chi connectivity index (χ2n) is 12.7. The van der Waals surface area contributed by atoms with Crippen LogP contribution in [0.1, 0.15) is 86.3 Å².